The molecular weight excluding hydrogens is 258 g/mol. The fraction of sp³-hybridized carbons (Fsp3) is 0.600. The van der Waals surface area contributed by atoms with Crippen molar-refractivity contribution in [1.82, 2.24) is 4.90 Å². The molecule has 0 aromatic heterocycles. The minimum atomic E-state index is -0.428. The number of aryl methyl sites for hydroxylation is 2. The molecule has 3 nitrogen and oxygen atoms in total. The van der Waals surface area contributed by atoms with E-state index in [2.05, 4.69) is 18.0 Å². The van der Waals surface area contributed by atoms with E-state index in [0.717, 1.165) is 40.5 Å². The number of benzene rings is 1. The summed E-state index contributed by atoms with van der Waals surface area (Å²) in [7, 11) is 3.78. The average molecular weight is 281 g/mol. The van der Waals surface area contributed by atoms with Gasteiger partial charge in [-0.25, -0.2) is 0 Å². The Morgan fingerprint density at radius 1 is 1.37 bits per heavy atom. The summed E-state index contributed by atoms with van der Waals surface area (Å²) >= 11 is 1.92. The molecule has 2 atom stereocenters. The maximum absolute atomic E-state index is 10.7. The lowest BCUT2D eigenvalue weighted by molar-refractivity contribution is 0.0753. The Balaban J connectivity index is 2.27. The molecule has 1 aliphatic rings. The van der Waals surface area contributed by atoms with Gasteiger partial charge in [-0.2, -0.15) is 11.8 Å². The molecule has 2 unspecified atom stereocenters. The Bertz CT molecular complexity index is 450. The van der Waals surface area contributed by atoms with Crippen LogP contribution in [0.3, 0.4) is 0 Å². The van der Waals surface area contributed by atoms with Crippen LogP contribution in [0.15, 0.2) is 12.1 Å². The second kappa shape index (κ2) is 6.16. The van der Waals surface area contributed by atoms with Crippen molar-refractivity contribution in [3.8, 4) is 5.75 Å². The van der Waals surface area contributed by atoms with Crippen molar-refractivity contribution in [1.29, 1.82) is 0 Å². The minimum Gasteiger partial charge on any atom is -0.496 e. The van der Waals surface area contributed by atoms with Gasteiger partial charge in [0.2, 0.25) is 0 Å². The molecular formula is C15H23NO2S. The van der Waals surface area contributed by atoms with Gasteiger partial charge in [-0.3, -0.25) is 4.90 Å². The first-order valence-corrected chi connectivity index (χ1v) is 7.81. The normalized spacial score (nSPS) is 22.3. The zero-order valence-corrected chi connectivity index (χ0v) is 13.0. The van der Waals surface area contributed by atoms with Gasteiger partial charge < -0.3 is 9.84 Å². The van der Waals surface area contributed by atoms with Gasteiger partial charge in [-0.05, 0) is 49.7 Å². The van der Waals surface area contributed by atoms with Gasteiger partial charge >= 0.3 is 0 Å². The standard InChI is InChI=1S/C15H23NO2S/c1-10-8-14(18-4)11(2)7-12(10)15(17)13-9-19-6-5-16(13)3/h7-8,13,15,17H,5-6,9H2,1-4H3. The lowest BCUT2D eigenvalue weighted by Gasteiger charge is -2.36. The Kier molecular flexibility index (Phi) is 4.76. The molecule has 0 radical (unpaired) electrons. The van der Waals surface area contributed by atoms with Gasteiger partial charge in [0.25, 0.3) is 0 Å². The Hall–Kier alpha value is -0.710. The van der Waals surface area contributed by atoms with Gasteiger partial charge in [0.1, 0.15) is 5.75 Å². The van der Waals surface area contributed by atoms with Crippen molar-refractivity contribution in [2.24, 2.45) is 0 Å². The van der Waals surface area contributed by atoms with Crippen LogP contribution in [0, 0.1) is 13.8 Å². The first kappa shape index (κ1) is 14.7. The molecule has 0 bridgehead atoms. The molecule has 2 rings (SSSR count). The van der Waals surface area contributed by atoms with Gasteiger partial charge in [0, 0.05) is 24.1 Å². The van der Waals surface area contributed by atoms with E-state index >= 15 is 0 Å². The van der Waals surface area contributed by atoms with Crippen LogP contribution in [0.4, 0.5) is 0 Å². The van der Waals surface area contributed by atoms with Crippen LogP contribution >= 0.6 is 11.8 Å². The van der Waals surface area contributed by atoms with E-state index in [1.54, 1.807) is 7.11 Å². The van der Waals surface area contributed by atoms with Gasteiger partial charge in [0.05, 0.1) is 13.2 Å². The molecule has 1 N–H and O–H groups in total. The molecule has 0 spiro atoms. The zero-order valence-electron chi connectivity index (χ0n) is 12.1. The van der Waals surface area contributed by atoms with Gasteiger partial charge in [0.15, 0.2) is 0 Å². The predicted octanol–water partition coefficient (Wildman–Crippen LogP) is 2.39. The number of nitrogens with zero attached hydrogens (tertiary/aromatic N) is 1. The van der Waals surface area contributed by atoms with E-state index < -0.39 is 6.10 Å². The van der Waals surface area contributed by atoms with Crippen molar-refractivity contribution < 1.29 is 9.84 Å². The largest absolute Gasteiger partial charge is 0.496 e. The van der Waals surface area contributed by atoms with Crippen molar-refractivity contribution in [3.05, 3.63) is 28.8 Å². The van der Waals surface area contributed by atoms with Crippen molar-refractivity contribution in [2.45, 2.75) is 26.0 Å². The number of hydrogen-bond donors (Lipinski definition) is 1. The van der Waals surface area contributed by atoms with Gasteiger partial charge in [-0.15, -0.1) is 0 Å². The number of aliphatic hydroxyl groups is 1. The van der Waals surface area contributed by atoms with Crippen molar-refractivity contribution in [2.75, 3.05) is 32.2 Å². The van der Waals surface area contributed by atoms with Crippen LogP contribution in [-0.2, 0) is 0 Å². The van der Waals surface area contributed by atoms with Crippen LogP contribution in [0.5, 0.6) is 5.75 Å². The fourth-order valence-corrected chi connectivity index (χ4v) is 3.86. The number of thioether (sulfide) groups is 1. The van der Waals surface area contributed by atoms with Crippen LogP contribution in [-0.4, -0.2) is 48.3 Å². The first-order chi connectivity index (χ1) is 9.04. The van der Waals surface area contributed by atoms with E-state index in [-0.39, 0.29) is 6.04 Å². The smallest absolute Gasteiger partial charge is 0.122 e. The summed E-state index contributed by atoms with van der Waals surface area (Å²) in [4.78, 5) is 2.26. The molecule has 0 amide bonds. The third kappa shape index (κ3) is 3.07. The van der Waals surface area contributed by atoms with E-state index in [1.165, 1.54) is 0 Å². The zero-order chi connectivity index (χ0) is 14.0. The maximum Gasteiger partial charge on any atom is 0.122 e. The summed E-state index contributed by atoms with van der Waals surface area (Å²) in [5.41, 5.74) is 3.20. The molecule has 1 aromatic rings. The molecule has 106 valence electrons. The molecule has 0 saturated carbocycles. The first-order valence-electron chi connectivity index (χ1n) is 6.65. The average Bonchev–Trinajstić information content (AvgIpc) is 2.40. The molecule has 0 aliphatic carbocycles. The molecule has 1 aliphatic heterocycles. The Morgan fingerprint density at radius 3 is 2.74 bits per heavy atom. The lowest BCUT2D eigenvalue weighted by atomic mass is 9.95. The van der Waals surface area contributed by atoms with Crippen LogP contribution in [0.1, 0.15) is 22.8 Å². The summed E-state index contributed by atoms with van der Waals surface area (Å²) in [5.74, 6) is 3.03. The highest BCUT2D eigenvalue weighted by atomic mass is 32.2. The number of aliphatic hydroxyl groups excluding tert-OH is 1. The second-order valence-corrected chi connectivity index (χ2v) is 6.40. The number of rotatable bonds is 3. The van der Waals surface area contributed by atoms with Crippen molar-refractivity contribution in [3.63, 3.8) is 0 Å². The summed E-state index contributed by atoms with van der Waals surface area (Å²) in [6.07, 6.45) is -0.428. The third-order valence-corrected chi connectivity index (χ3v) is 4.96. The summed E-state index contributed by atoms with van der Waals surface area (Å²) in [6, 6.07) is 4.28. The molecule has 1 fully saturated rings. The third-order valence-electron chi connectivity index (χ3n) is 3.91. The molecule has 1 heterocycles. The SMILES string of the molecule is COc1cc(C)c(C(O)C2CSCCN2C)cc1C. The minimum absolute atomic E-state index is 0.199. The Morgan fingerprint density at radius 2 is 2.11 bits per heavy atom. The van der Waals surface area contributed by atoms with E-state index in [0.29, 0.717) is 0 Å². The van der Waals surface area contributed by atoms with Crippen LogP contribution in [0.2, 0.25) is 0 Å². The highest BCUT2D eigenvalue weighted by molar-refractivity contribution is 7.99. The van der Waals surface area contributed by atoms with E-state index in [1.807, 2.05) is 31.7 Å². The van der Waals surface area contributed by atoms with E-state index in [9.17, 15) is 5.11 Å². The quantitative estimate of drug-likeness (QED) is 0.922. The van der Waals surface area contributed by atoms with Crippen LogP contribution in [0.25, 0.3) is 0 Å². The number of methoxy groups -OCH3 is 1. The summed E-state index contributed by atoms with van der Waals surface area (Å²) in [5, 5.41) is 10.7. The highest BCUT2D eigenvalue weighted by Crippen LogP contribution is 2.32. The summed E-state index contributed by atoms with van der Waals surface area (Å²) < 4.78 is 5.33. The monoisotopic (exact) mass is 281 g/mol. The fourth-order valence-electron chi connectivity index (χ4n) is 2.60. The number of likely N-dealkylation sites (N-methyl/N-ethyl adjacent to an activating group) is 1. The van der Waals surface area contributed by atoms with Crippen molar-refractivity contribution >= 4 is 11.8 Å². The maximum atomic E-state index is 10.7. The highest BCUT2D eigenvalue weighted by Gasteiger charge is 2.28. The van der Waals surface area contributed by atoms with Gasteiger partial charge in [-0.1, -0.05) is 0 Å². The topological polar surface area (TPSA) is 32.7 Å². The van der Waals surface area contributed by atoms with Crippen LogP contribution < -0.4 is 4.74 Å². The molecule has 4 heteroatoms. The number of ether oxygens (including phenoxy) is 1. The second-order valence-electron chi connectivity index (χ2n) is 5.25. The number of hydrogen-bond acceptors (Lipinski definition) is 4. The molecule has 1 aromatic carbocycles. The molecule has 1 saturated heterocycles. The predicted molar refractivity (Wildman–Crippen MR) is 81.2 cm³/mol. The summed E-state index contributed by atoms with van der Waals surface area (Å²) in [6.45, 7) is 5.10. The Labute approximate surface area is 120 Å². The molecule has 19 heavy (non-hydrogen) atoms. The lowest BCUT2D eigenvalue weighted by Crippen LogP contribution is -2.43. The van der Waals surface area contributed by atoms with E-state index in [4.69, 9.17) is 4.74 Å².